The van der Waals surface area contributed by atoms with Gasteiger partial charge in [-0.3, -0.25) is 24.6 Å². The zero-order chi connectivity index (χ0) is 25.4. The molecule has 1 fully saturated rings. The molecule has 0 radical (unpaired) electrons. The first-order chi connectivity index (χ1) is 18.0. The minimum atomic E-state index is -1.20. The number of amides is 2. The number of carbonyl (C=O) groups excluding carboxylic acids is 2. The fourth-order valence-electron chi connectivity index (χ4n) is 5.21. The van der Waals surface area contributed by atoms with E-state index in [0.717, 1.165) is 28.0 Å². The molecule has 0 spiro atoms. The highest BCUT2D eigenvalue weighted by atomic mass is 19.1. The number of nitrogens with zero attached hydrogens (tertiary/aromatic N) is 6. The van der Waals surface area contributed by atoms with E-state index in [1.165, 1.54) is 0 Å². The fourth-order valence-corrected chi connectivity index (χ4v) is 5.21. The number of hydrogen-bond donors (Lipinski definition) is 2. The van der Waals surface area contributed by atoms with Gasteiger partial charge in [-0.25, -0.2) is 9.37 Å². The number of rotatable bonds is 6. The van der Waals surface area contributed by atoms with Gasteiger partial charge in [-0.1, -0.05) is 0 Å². The van der Waals surface area contributed by atoms with Gasteiger partial charge in [0, 0.05) is 61.1 Å². The molecule has 1 saturated heterocycles. The zero-order valence-electron chi connectivity index (χ0n) is 20.2. The van der Waals surface area contributed by atoms with E-state index < -0.39 is 12.1 Å². The minimum absolute atomic E-state index is 0.0293. The summed E-state index contributed by atoms with van der Waals surface area (Å²) in [5.41, 5.74) is 1.85. The van der Waals surface area contributed by atoms with Crippen LogP contribution in [0.25, 0.3) is 22.2 Å². The van der Waals surface area contributed by atoms with Crippen molar-refractivity contribution in [2.24, 2.45) is 5.41 Å². The lowest BCUT2D eigenvalue weighted by molar-refractivity contribution is -0.134. The summed E-state index contributed by atoms with van der Waals surface area (Å²) in [5, 5.41) is 11.2. The zero-order valence-corrected chi connectivity index (χ0v) is 20.2. The Kier molecular flexibility index (Phi) is 5.91. The van der Waals surface area contributed by atoms with Crippen LogP contribution < -0.4 is 5.32 Å². The predicted octanol–water partition coefficient (Wildman–Crippen LogP) is 2.46. The summed E-state index contributed by atoms with van der Waals surface area (Å²) in [6.45, 7) is 1.84. The van der Waals surface area contributed by atoms with Crippen LogP contribution in [0.2, 0.25) is 0 Å². The van der Waals surface area contributed by atoms with Gasteiger partial charge in [0.2, 0.25) is 11.8 Å². The van der Waals surface area contributed by atoms with Crippen LogP contribution in [0.4, 0.5) is 10.1 Å². The van der Waals surface area contributed by atoms with E-state index in [4.69, 9.17) is 0 Å². The molecular weight excluding hydrogens is 475 g/mol. The predicted molar refractivity (Wildman–Crippen MR) is 135 cm³/mol. The van der Waals surface area contributed by atoms with Crippen molar-refractivity contribution in [2.75, 3.05) is 38.2 Å². The number of likely N-dealkylation sites (tertiary alicyclic amines) is 1. The smallest absolute Gasteiger partial charge is 0.237 e. The first kappa shape index (κ1) is 23.3. The lowest BCUT2D eigenvalue weighted by Crippen LogP contribution is -2.45. The Labute approximate surface area is 212 Å². The van der Waals surface area contributed by atoms with Crippen molar-refractivity contribution < 1.29 is 14.0 Å². The van der Waals surface area contributed by atoms with Gasteiger partial charge >= 0.3 is 0 Å². The quantitative estimate of drug-likeness (QED) is 0.419. The topological polar surface area (TPSA) is 112 Å². The molecule has 5 heterocycles. The Hall–Kier alpha value is -4.12. The molecule has 2 amide bonds. The van der Waals surface area contributed by atoms with Gasteiger partial charge in [-0.15, -0.1) is 0 Å². The Morgan fingerprint density at radius 2 is 1.97 bits per heavy atom. The molecule has 11 heteroatoms. The van der Waals surface area contributed by atoms with Crippen LogP contribution in [0.15, 0.2) is 55.1 Å². The van der Waals surface area contributed by atoms with E-state index in [-0.39, 0.29) is 24.9 Å². The van der Waals surface area contributed by atoms with Crippen molar-refractivity contribution in [1.29, 1.82) is 0 Å². The standard InChI is InChI=1S/C26H27FN8O2/c27-16-26(5-9-33(17-26)15-23(36)35-12-11-34-10-8-29-22(34)14-35)25(37)30-19-1-2-21-20(13-19)24(32-31-21)18-3-6-28-7-4-18/h1-4,6-8,10,13H,5,9,11-12,14-17H2,(H,30,37)(H,31,32). The molecule has 1 unspecified atom stereocenters. The summed E-state index contributed by atoms with van der Waals surface area (Å²) in [6, 6.07) is 9.19. The third kappa shape index (κ3) is 4.35. The lowest BCUT2D eigenvalue weighted by Gasteiger charge is -2.30. The number of anilines is 1. The third-order valence-corrected chi connectivity index (χ3v) is 7.40. The summed E-state index contributed by atoms with van der Waals surface area (Å²) in [7, 11) is 0. The maximum absolute atomic E-state index is 14.4. The van der Waals surface area contributed by atoms with Crippen molar-refractivity contribution in [1.82, 2.24) is 34.5 Å². The molecule has 10 nitrogen and oxygen atoms in total. The van der Waals surface area contributed by atoms with Crippen LogP contribution >= 0.6 is 0 Å². The van der Waals surface area contributed by atoms with Crippen LogP contribution in [0.3, 0.4) is 0 Å². The van der Waals surface area contributed by atoms with Gasteiger partial charge in [0.15, 0.2) is 0 Å². The van der Waals surface area contributed by atoms with E-state index in [9.17, 15) is 14.0 Å². The maximum Gasteiger partial charge on any atom is 0.237 e. The second-order valence-corrected chi connectivity index (χ2v) is 9.75. The molecule has 4 aromatic rings. The number of alkyl halides is 1. The Morgan fingerprint density at radius 3 is 2.81 bits per heavy atom. The second kappa shape index (κ2) is 9.40. The van der Waals surface area contributed by atoms with Crippen LogP contribution in [-0.2, 0) is 22.7 Å². The summed E-state index contributed by atoms with van der Waals surface area (Å²) < 4.78 is 16.4. The Bertz CT molecular complexity index is 1450. The Balaban J connectivity index is 1.13. The highest BCUT2D eigenvalue weighted by Crippen LogP contribution is 2.34. The highest BCUT2D eigenvalue weighted by Gasteiger charge is 2.45. The van der Waals surface area contributed by atoms with Crippen molar-refractivity contribution in [3.8, 4) is 11.3 Å². The summed E-state index contributed by atoms with van der Waals surface area (Å²) in [6.07, 6.45) is 7.40. The van der Waals surface area contributed by atoms with Gasteiger partial charge in [0.25, 0.3) is 0 Å². The van der Waals surface area contributed by atoms with Crippen LogP contribution in [0, 0.1) is 5.41 Å². The number of carbonyl (C=O) groups is 2. The van der Waals surface area contributed by atoms with Gasteiger partial charge in [0.05, 0.1) is 24.0 Å². The van der Waals surface area contributed by atoms with Gasteiger partial charge in [-0.05, 0) is 43.3 Å². The largest absolute Gasteiger partial charge is 0.332 e. The van der Waals surface area contributed by atoms with Gasteiger partial charge in [0.1, 0.15) is 18.2 Å². The first-order valence-corrected chi connectivity index (χ1v) is 12.3. The number of benzene rings is 1. The van der Waals surface area contributed by atoms with Crippen LogP contribution in [-0.4, -0.2) is 79.2 Å². The number of hydrogen-bond acceptors (Lipinski definition) is 6. The molecule has 0 saturated carbocycles. The normalized spacial score (nSPS) is 19.8. The number of pyridine rings is 1. The Morgan fingerprint density at radius 1 is 1.11 bits per heavy atom. The van der Waals surface area contributed by atoms with Gasteiger partial charge in [-0.2, -0.15) is 5.10 Å². The molecule has 2 aliphatic heterocycles. The van der Waals surface area contributed by atoms with E-state index in [1.807, 2.05) is 39.9 Å². The summed E-state index contributed by atoms with van der Waals surface area (Å²) in [5.74, 6) is 0.455. The molecule has 3 aromatic heterocycles. The SMILES string of the molecule is O=C(CN1CCC(CF)(C(=O)Nc2ccc3[nH]nc(-c4ccncc4)c3c2)C1)N1CCn2ccnc2C1. The number of aromatic nitrogens is 5. The van der Waals surface area contributed by atoms with Crippen LogP contribution in [0.5, 0.6) is 0 Å². The molecule has 2 aliphatic rings. The molecular formula is C26H27FN8O2. The molecule has 1 atom stereocenters. The maximum atomic E-state index is 14.4. The summed E-state index contributed by atoms with van der Waals surface area (Å²) in [4.78, 5) is 38.3. The summed E-state index contributed by atoms with van der Waals surface area (Å²) >= 11 is 0. The monoisotopic (exact) mass is 502 g/mol. The number of aromatic amines is 1. The molecule has 0 bridgehead atoms. The number of halogens is 1. The van der Waals surface area contributed by atoms with E-state index in [2.05, 4.69) is 25.5 Å². The number of imidazole rings is 1. The van der Waals surface area contributed by atoms with Crippen molar-refractivity contribution in [2.45, 2.75) is 19.5 Å². The highest BCUT2D eigenvalue weighted by molar-refractivity contribution is 6.00. The van der Waals surface area contributed by atoms with E-state index in [1.54, 1.807) is 29.6 Å². The molecule has 0 aliphatic carbocycles. The third-order valence-electron chi connectivity index (χ3n) is 7.40. The van der Waals surface area contributed by atoms with Crippen LogP contribution in [0.1, 0.15) is 12.2 Å². The minimum Gasteiger partial charge on any atom is -0.332 e. The fraction of sp³-hybridized carbons (Fsp3) is 0.346. The number of fused-ring (bicyclic) bond motifs is 2. The van der Waals surface area contributed by atoms with Crippen molar-refractivity contribution in [3.05, 3.63) is 60.9 Å². The molecule has 1 aromatic carbocycles. The second-order valence-electron chi connectivity index (χ2n) is 9.75. The first-order valence-electron chi connectivity index (χ1n) is 12.3. The lowest BCUT2D eigenvalue weighted by atomic mass is 9.87. The molecule has 2 N–H and O–H groups in total. The van der Waals surface area contributed by atoms with Crippen molar-refractivity contribution >= 4 is 28.4 Å². The van der Waals surface area contributed by atoms with E-state index >= 15 is 0 Å². The number of H-pyrrole nitrogens is 1. The van der Waals surface area contributed by atoms with Crippen molar-refractivity contribution in [3.63, 3.8) is 0 Å². The molecule has 37 heavy (non-hydrogen) atoms. The van der Waals surface area contributed by atoms with E-state index in [0.29, 0.717) is 38.3 Å². The molecule has 190 valence electrons. The average molecular weight is 503 g/mol. The van der Waals surface area contributed by atoms with Gasteiger partial charge < -0.3 is 14.8 Å². The molecule has 6 rings (SSSR count). The number of nitrogens with one attached hydrogen (secondary N) is 2. The average Bonchev–Trinajstić information content (AvgIpc) is 3.67.